The number of carboxylic acids is 2. The fourth-order valence-corrected chi connectivity index (χ4v) is 4.48. The van der Waals surface area contributed by atoms with Crippen LogP contribution in [-0.4, -0.2) is 98.0 Å². The maximum atomic E-state index is 13.6. The molecule has 0 aromatic carbocycles. The van der Waals surface area contributed by atoms with E-state index in [1.54, 1.807) is 0 Å². The van der Waals surface area contributed by atoms with Crippen molar-refractivity contribution in [3.05, 3.63) is 0 Å². The van der Waals surface area contributed by atoms with Crippen LogP contribution in [0.1, 0.15) is 58.3 Å². The summed E-state index contributed by atoms with van der Waals surface area (Å²) in [6, 6.07) is -4.34. The van der Waals surface area contributed by atoms with Crippen molar-refractivity contribution < 1.29 is 39.0 Å². The molecule has 15 nitrogen and oxygen atoms in total. The Labute approximate surface area is 207 Å². The second kappa shape index (κ2) is 12.7. The number of carboxylic acid groups (broad SMARTS) is 2. The molecule has 15 heteroatoms. The van der Waals surface area contributed by atoms with Crippen LogP contribution in [0.4, 0.5) is 4.79 Å². The molecule has 7 N–H and O–H groups in total. The summed E-state index contributed by atoms with van der Waals surface area (Å²) in [6.45, 7) is 0.458. The molecule has 0 aromatic rings. The predicted octanol–water partition coefficient (Wildman–Crippen LogP) is -1.19. The molecule has 0 radical (unpaired) electrons. The highest BCUT2D eigenvalue weighted by atomic mass is 16.4. The van der Waals surface area contributed by atoms with Crippen molar-refractivity contribution in [2.24, 2.45) is 16.5 Å². The number of guanidine groups is 1. The lowest BCUT2D eigenvalue weighted by atomic mass is 9.93. The minimum Gasteiger partial charge on any atom is -0.481 e. The van der Waals surface area contributed by atoms with E-state index in [1.807, 2.05) is 0 Å². The van der Waals surface area contributed by atoms with Gasteiger partial charge in [-0.15, -0.1) is 0 Å². The largest absolute Gasteiger partial charge is 0.481 e. The Morgan fingerprint density at radius 3 is 2.28 bits per heavy atom. The Hall–Kier alpha value is -3.91. The molecule has 5 amide bonds. The van der Waals surface area contributed by atoms with Gasteiger partial charge in [0.1, 0.15) is 18.6 Å². The normalized spacial score (nSPS) is 18.8. The second-order valence-electron chi connectivity index (χ2n) is 8.73. The number of aliphatic imine (C=N–C) groups is 1. The second-order valence-corrected chi connectivity index (χ2v) is 8.73. The third-order valence-corrected chi connectivity index (χ3v) is 6.03. The Bertz CT molecular complexity index is 914. The van der Waals surface area contributed by atoms with Crippen LogP contribution in [0.25, 0.3) is 0 Å². The molecule has 1 aliphatic heterocycles. The van der Waals surface area contributed by atoms with Gasteiger partial charge in [-0.3, -0.25) is 29.0 Å². The summed E-state index contributed by atoms with van der Waals surface area (Å²) < 4.78 is 0. The van der Waals surface area contributed by atoms with Gasteiger partial charge < -0.3 is 31.9 Å². The van der Waals surface area contributed by atoms with Gasteiger partial charge in [0.15, 0.2) is 5.96 Å². The summed E-state index contributed by atoms with van der Waals surface area (Å²) in [5.74, 6) is -5.67. The molecule has 0 aromatic heterocycles. The number of amides is 5. The van der Waals surface area contributed by atoms with Gasteiger partial charge in [0, 0.05) is 19.5 Å². The van der Waals surface area contributed by atoms with Gasteiger partial charge in [-0.25, -0.2) is 9.80 Å². The number of carbonyl (C=O) groups excluding carboxylic acids is 4. The fraction of sp³-hybridized carbons (Fsp3) is 0.667. The van der Waals surface area contributed by atoms with E-state index in [-0.39, 0.29) is 18.9 Å². The van der Waals surface area contributed by atoms with Gasteiger partial charge in [0.2, 0.25) is 11.8 Å². The monoisotopic (exact) mass is 511 g/mol. The first-order valence-electron chi connectivity index (χ1n) is 11.7. The molecule has 36 heavy (non-hydrogen) atoms. The van der Waals surface area contributed by atoms with Gasteiger partial charge in [0.05, 0.1) is 6.42 Å². The van der Waals surface area contributed by atoms with Crippen LogP contribution in [0.3, 0.4) is 0 Å². The SMILES string of the molecule is CC(=O)N([C@@H](CC(=O)O)C(=O)N(CC(=O)O)C1CCCCC1)N1C(=O)N[C@@H](CCCN=C(N)N)C1=O. The van der Waals surface area contributed by atoms with E-state index in [9.17, 15) is 39.0 Å². The molecule has 0 bridgehead atoms. The number of hydrogen-bond donors (Lipinski definition) is 5. The van der Waals surface area contributed by atoms with Gasteiger partial charge in [-0.1, -0.05) is 19.3 Å². The number of carbonyl (C=O) groups is 6. The Balaban J connectivity index is 2.36. The smallest absolute Gasteiger partial charge is 0.344 e. The molecule has 2 fully saturated rings. The zero-order valence-electron chi connectivity index (χ0n) is 20.1. The molecule has 1 heterocycles. The van der Waals surface area contributed by atoms with Crippen molar-refractivity contribution in [1.82, 2.24) is 20.2 Å². The zero-order chi connectivity index (χ0) is 27.0. The number of nitrogens with one attached hydrogen (secondary N) is 1. The molecular formula is C21H33N7O8. The Morgan fingerprint density at radius 2 is 1.75 bits per heavy atom. The quantitative estimate of drug-likeness (QED) is 0.0910. The highest BCUT2D eigenvalue weighted by Crippen LogP contribution is 2.26. The number of hydrogen-bond acceptors (Lipinski definition) is 7. The van der Waals surface area contributed by atoms with Gasteiger partial charge in [-0.05, 0) is 25.7 Å². The molecule has 2 aliphatic rings. The molecule has 0 unspecified atom stereocenters. The maximum absolute atomic E-state index is 13.6. The summed E-state index contributed by atoms with van der Waals surface area (Å²) in [6.07, 6.45) is 2.94. The highest BCUT2D eigenvalue weighted by molar-refractivity contribution is 6.06. The van der Waals surface area contributed by atoms with Crippen molar-refractivity contribution in [3.8, 4) is 0 Å². The number of nitrogens with zero attached hydrogens (tertiary/aromatic N) is 4. The third kappa shape index (κ3) is 7.29. The summed E-state index contributed by atoms with van der Waals surface area (Å²) in [4.78, 5) is 80.0. The van der Waals surface area contributed by atoms with Crippen molar-refractivity contribution in [1.29, 1.82) is 0 Å². The first kappa shape index (κ1) is 28.3. The summed E-state index contributed by atoms with van der Waals surface area (Å²) in [5.41, 5.74) is 10.5. The molecule has 2 rings (SSSR count). The number of aliphatic carboxylic acids is 2. The van der Waals surface area contributed by atoms with E-state index in [0.717, 1.165) is 31.1 Å². The number of imide groups is 1. The lowest BCUT2D eigenvalue weighted by Gasteiger charge is -2.39. The molecular weight excluding hydrogens is 478 g/mol. The first-order chi connectivity index (χ1) is 16.9. The summed E-state index contributed by atoms with van der Waals surface area (Å²) in [5, 5.41) is 22.2. The summed E-state index contributed by atoms with van der Waals surface area (Å²) >= 11 is 0. The first-order valence-corrected chi connectivity index (χ1v) is 11.7. The van der Waals surface area contributed by atoms with E-state index in [0.29, 0.717) is 29.3 Å². The summed E-state index contributed by atoms with van der Waals surface area (Å²) in [7, 11) is 0. The van der Waals surface area contributed by atoms with Crippen LogP contribution < -0.4 is 16.8 Å². The third-order valence-electron chi connectivity index (χ3n) is 6.03. The predicted molar refractivity (Wildman–Crippen MR) is 124 cm³/mol. The zero-order valence-corrected chi connectivity index (χ0v) is 20.1. The van der Waals surface area contributed by atoms with Crippen molar-refractivity contribution in [2.75, 3.05) is 13.1 Å². The average molecular weight is 512 g/mol. The highest BCUT2D eigenvalue weighted by Gasteiger charge is 2.48. The van der Waals surface area contributed by atoms with E-state index in [4.69, 9.17) is 11.5 Å². The molecule has 200 valence electrons. The topological polar surface area (TPSA) is 229 Å². The number of urea groups is 1. The maximum Gasteiger partial charge on any atom is 0.344 e. The fourth-order valence-electron chi connectivity index (χ4n) is 4.48. The molecule has 1 saturated carbocycles. The van der Waals surface area contributed by atoms with E-state index >= 15 is 0 Å². The lowest BCUT2D eigenvalue weighted by Crippen LogP contribution is -2.61. The van der Waals surface area contributed by atoms with Crippen LogP contribution in [0, 0.1) is 0 Å². The van der Waals surface area contributed by atoms with E-state index in [2.05, 4.69) is 10.3 Å². The van der Waals surface area contributed by atoms with Crippen molar-refractivity contribution in [3.63, 3.8) is 0 Å². The standard InChI is InChI=1S/C21H33N7O8/c1-12(29)27(28-18(34)14(25-21(28)36)8-5-9-24-20(22)23)15(10-16(30)31)19(35)26(11-17(32)33)13-6-3-2-4-7-13/h13-15H,2-11H2,1H3,(H,25,36)(H,30,31)(H,32,33)(H4,22,23,24)/t14-,15-/m0/s1. The Kier molecular flexibility index (Phi) is 9.99. The van der Waals surface area contributed by atoms with E-state index in [1.165, 1.54) is 0 Å². The van der Waals surface area contributed by atoms with Crippen LogP contribution in [0.5, 0.6) is 0 Å². The van der Waals surface area contributed by atoms with Gasteiger partial charge in [-0.2, -0.15) is 5.01 Å². The van der Waals surface area contributed by atoms with Crippen LogP contribution >= 0.6 is 0 Å². The van der Waals surface area contributed by atoms with Crippen LogP contribution in [0.15, 0.2) is 4.99 Å². The minimum atomic E-state index is -1.81. The van der Waals surface area contributed by atoms with Crippen molar-refractivity contribution >= 4 is 41.7 Å². The number of rotatable bonds is 12. The van der Waals surface area contributed by atoms with Crippen molar-refractivity contribution in [2.45, 2.75) is 76.4 Å². The van der Waals surface area contributed by atoms with E-state index < -0.39 is 66.8 Å². The molecule has 0 spiro atoms. The average Bonchev–Trinajstić information content (AvgIpc) is 3.07. The number of hydrazine groups is 1. The minimum absolute atomic E-state index is 0.119. The molecule has 2 atom stereocenters. The Morgan fingerprint density at radius 1 is 1.11 bits per heavy atom. The molecule has 1 aliphatic carbocycles. The number of nitrogens with two attached hydrogens (primary N) is 2. The lowest BCUT2D eigenvalue weighted by molar-refractivity contribution is -0.169. The van der Waals surface area contributed by atoms with Gasteiger partial charge in [0.25, 0.3) is 5.91 Å². The van der Waals surface area contributed by atoms with Gasteiger partial charge >= 0.3 is 18.0 Å². The molecule has 1 saturated heterocycles. The van der Waals surface area contributed by atoms with Crippen LogP contribution in [0.2, 0.25) is 0 Å². The van der Waals surface area contributed by atoms with Crippen LogP contribution in [-0.2, 0) is 24.0 Å².